The SMILES string of the molecule is CCN(CC)c1ccc(-n2c(CC(=O)O)c(C(=O)O)c3cc(Oc4ccc(OC(F)(F)F)cc4)ccc32)cc1. The average molecular weight is 543 g/mol. The summed E-state index contributed by atoms with van der Waals surface area (Å²) in [5, 5.41) is 19.9. The first-order valence-corrected chi connectivity index (χ1v) is 12.0. The summed E-state index contributed by atoms with van der Waals surface area (Å²) < 4.78 is 48.5. The van der Waals surface area contributed by atoms with E-state index in [4.69, 9.17) is 4.74 Å². The summed E-state index contributed by atoms with van der Waals surface area (Å²) in [7, 11) is 0. The van der Waals surface area contributed by atoms with Gasteiger partial charge in [0, 0.05) is 35.5 Å². The van der Waals surface area contributed by atoms with Crippen LogP contribution in [0.4, 0.5) is 18.9 Å². The van der Waals surface area contributed by atoms with Gasteiger partial charge in [-0.25, -0.2) is 4.79 Å². The van der Waals surface area contributed by atoms with Crippen LogP contribution in [0, 0.1) is 0 Å². The van der Waals surface area contributed by atoms with Gasteiger partial charge in [-0.1, -0.05) is 0 Å². The Hall–Kier alpha value is -4.67. The van der Waals surface area contributed by atoms with Gasteiger partial charge in [0.1, 0.15) is 17.2 Å². The van der Waals surface area contributed by atoms with Crippen molar-refractivity contribution in [1.29, 1.82) is 0 Å². The molecule has 1 aromatic heterocycles. The Morgan fingerprint density at radius 2 is 1.46 bits per heavy atom. The summed E-state index contributed by atoms with van der Waals surface area (Å²) >= 11 is 0. The molecule has 1 heterocycles. The lowest BCUT2D eigenvalue weighted by atomic mass is 10.1. The minimum absolute atomic E-state index is 0.0893. The number of anilines is 1. The lowest BCUT2D eigenvalue weighted by Crippen LogP contribution is -2.21. The predicted molar refractivity (Wildman–Crippen MR) is 138 cm³/mol. The molecule has 39 heavy (non-hydrogen) atoms. The van der Waals surface area contributed by atoms with E-state index in [9.17, 15) is 33.0 Å². The molecule has 0 saturated carbocycles. The monoisotopic (exact) mass is 542 g/mol. The fourth-order valence-electron chi connectivity index (χ4n) is 4.48. The second-order valence-electron chi connectivity index (χ2n) is 8.52. The molecule has 2 N–H and O–H groups in total. The number of nitrogens with zero attached hydrogens (tertiary/aromatic N) is 2. The number of alkyl halides is 3. The molecule has 0 saturated heterocycles. The lowest BCUT2D eigenvalue weighted by molar-refractivity contribution is -0.274. The van der Waals surface area contributed by atoms with E-state index in [1.807, 2.05) is 26.0 Å². The minimum Gasteiger partial charge on any atom is -0.481 e. The molecule has 0 aliphatic rings. The number of halogens is 3. The summed E-state index contributed by atoms with van der Waals surface area (Å²) in [6.45, 7) is 5.67. The minimum atomic E-state index is -4.83. The molecule has 0 aliphatic heterocycles. The molecule has 11 heteroatoms. The van der Waals surface area contributed by atoms with Crippen LogP contribution >= 0.6 is 0 Å². The van der Waals surface area contributed by atoms with Crippen molar-refractivity contribution in [2.45, 2.75) is 26.6 Å². The highest BCUT2D eigenvalue weighted by molar-refractivity contribution is 6.07. The molecule has 8 nitrogen and oxygen atoms in total. The maximum absolute atomic E-state index is 12.4. The molecule has 0 amide bonds. The van der Waals surface area contributed by atoms with E-state index in [0.29, 0.717) is 11.2 Å². The fourth-order valence-corrected chi connectivity index (χ4v) is 4.48. The number of rotatable bonds is 10. The molecule has 0 radical (unpaired) electrons. The van der Waals surface area contributed by atoms with E-state index >= 15 is 0 Å². The maximum Gasteiger partial charge on any atom is 0.573 e. The number of fused-ring (bicyclic) bond motifs is 1. The van der Waals surface area contributed by atoms with Crippen LogP contribution in [0.15, 0.2) is 66.7 Å². The van der Waals surface area contributed by atoms with Crippen LogP contribution in [-0.4, -0.2) is 46.2 Å². The standard InChI is InChI=1S/C28H25F3N2O6/c1-3-32(4-2)17-5-7-18(8-6-17)33-23-14-13-21(15-22(23)26(27(36)37)24(33)16-25(34)35)38-19-9-11-20(12-10-19)39-28(29,30)31/h5-15H,3-4,16H2,1-2H3,(H,34,35)(H,36,37). The van der Waals surface area contributed by atoms with Crippen LogP contribution in [0.25, 0.3) is 16.6 Å². The molecule has 0 atom stereocenters. The van der Waals surface area contributed by atoms with E-state index < -0.39 is 30.5 Å². The van der Waals surface area contributed by atoms with Crippen LogP contribution in [0.2, 0.25) is 0 Å². The number of benzene rings is 3. The van der Waals surface area contributed by atoms with Gasteiger partial charge in [-0.2, -0.15) is 0 Å². The van der Waals surface area contributed by atoms with Gasteiger partial charge >= 0.3 is 18.3 Å². The first-order valence-electron chi connectivity index (χ1n) is 12.0. The van der Waals surface area contributed by atoms with Crippen LogP contribution in [0.3, 0.4) is 0 Å². The van der Waals surface area contributed by atoms with Crippen molar-refractivity contribution in [3.8, 4) is 22.9 Å². The van der Waals surface area contributed by atoms with E-state index in [1.165, 1.54) is 18.2 Å². The van der Waals surface area contributed by atoms with Crippen LogP contribution in [-0.2, 0) is 11.2 Å². The number of aromatic carboxylic acids is 1. The Morgan fingerprint density at radius 3 is 2.00 bits per heavy atom. The van der Waals surface area contributed by atoms with Crippen molar-refractivity contribution >= 4 is 28.5 Å². The predicted octanol–water partition coefficient (Wildman–Crippen LogP) is 6.49. The van der Waals surface area contributed by atoms with Crippen molar-refractivity contribution in [3.63, 3.8) is 0 Å². The van der Waals surface area contributed by atoms with Gasteiger partial charge in [-0.15, -0.1) is 13.2 Å². The van der Waals surface area contributed by atoms with E-state index in [2.05, 4.69) is 9.64 Å². The molecule has 0 bridgehead atoms. The Labute approximate surface area is 221 Å². The van der Waals surface area contributed by atoms with Gasteiger partial charge in [0.25, 0.3) is 0 Å². The van der Waals surface area contributed by atoms with E-state index in [0.717, 1.165) is 30.9 Å². The number of carboxylic acids is 2. The first-order chi connectivity index (χ1) is 18.5. The van der Waals surface area contributed by atoms with E-state index in [-0.39, 0.29) is 28.1 Å². The van der Waals surface area contributed by atoms with Crippen LogP contribution in [0.1, 0.15) is 29.9 Å². The van der Waals surface area contributed by atoms with Crippen LogP contribution in [0.5, 0.6) is 17.2 Å². The van der Waals surface area contributed by atoms with Gasteiger partial charge in [0.05, 0.1) is 17.5 Å². The van der Waals surface area contributed by atoms with Crippen LogP contribution < -0.4 is 14.4 Å². The number of hydrogen-bond donors (Lipinski definition) is 2. The molecule has 0 spiro atoms. The third-order valence-corrected chi connectivity index (χ3v) is 6.10. The average Bonchev–Trinajstić information content (AvgIpc) is 3.18. The Morgan fingerprint density at radius 1 is 0.872 bits per heavy atom. The molecule has 0 fully saturated rings. The molecule has 0 aliphatic carbocycles. The lowest BCUT2D eigenvalue weighted by Gasteiger charge is -2.21. The third-order valence-electron chi connectivity index (χ3n) is 6.10. The van der Waals surface area contributed by atoms with Crippen molar-refractivity contribution in [1.82, 2.24) is 4.57 Å². The second-order valence-corrected chi connectivity index (χ2v) is 8.52. The number of hydrogen-bond acceptors (Lipinski definition) is 5. The van der Waals surface area contributed by atoms with Crippen molar-refractivity contribution in [3.05, 3.63) is 78.0 Å². The molecule has 4 rings (SSSR count). The van der Waals surface area contributed by atoms with Crippen molar-refractivity contribution < 1.29 is 42.4 Å². The highest BCUT2D eigenvalue weighted by Crippen LogP contribution is 2.35. The Balaban J connectivity index is 1.78. The molecule has 4 aromatic rings. The fraction of sp³-hybridized carbons (Fsp3) is 0.214. The summed E-state index contributed by atoms with van der Waals surface area (Å²) in [5.74, 6) is -2.51. The molecule has 204 valence electrons. The summed E-state index contributed by atoms with van der Waals surface area (Å²) in [6, 6.07) is 16.8. The molecular weight excluding hydrogens is 517 g/mol. The highest BCUT2D eigenvalue weighted by atomic mass is 19.4. The molecular formula is C28H25F3N2O6. The van der Waals surface area contributed by atoms with Gasteiger partial charge in [0.2, 0.25) is 0 Å². The smallest absolute Gasteiger partial charge is 0.481 e. The number of ether oxygens (including phenoxy) is 2. The number of carbonyl (C=O) groups is 2. The zero-order valence-electron chi connectivity index (χ0n) is 21.0. The molecule has 0 unspecified atom stereocenters. The normalized spacial score (nSPS) is 11.4. The topological polar surface area (TPSA) is 101 Å². The van der Waals surface area contributed by atoms with Crippen molar-refractivity contribution in [2.24, 2.45) is 0 Å². The number of carboxylic acid groups (broad SMARTS) is 2. The number of aliphatic carboxylic acids is 1. The van der Waals surface area contributed by atoms with Gasteiger partial charge in [0.15, 0.2) is 0 Å². The largest absolute Gasteiger partial charge is 0.573 e. The quantitative estimate of drug-likeness (QED) is 0.236. The summed E-state index contributed by atoms with van der Waals surface area (Å²) in [5.41, 5.74) is 1.93. The zero-order chi connectivity index (χ0) is 28.3. The Bertz CT molecular complexity index is 1490. The highest BCUT2D eigenvalue weighted by Gasteiger charge is 2.31. The summed E-state index contributed by atoms with van der Waals surface area (Å²) in [6.07, 6.45) is -5.36. The number of aromatic nitrogens is 1. The third kappa shape index (κ3) is 6.08. The van der Waals surface area contributed by atoms with Gasteiger partial charge in [-0.3, -0.25) is 4.79 Å². The maximum atomic E-state index is 12.4. The second kappa shape index (κ2) is 11.0. The Kier molecular flexibility index (Phi) is 7.70. The van der Waals surface area contributed by atoms with Gasteiger partial charge in [-0.05, 0) is 80.6 Å². The molecule has 3 aromatic carbocycles. The van der Waals surface area contributed by atoms with Gasteiger partial charge < -0.3 is 29.2 Å². The first kappa shape index (κ1) is 27.4. The zero-order valence-corrected chi connectivity index (χ0v) is 21.0. The van der Waals surface area contributed by atoms with Crippen molar-refractivity contribution in [2.75, 3.05) is 18.0 Å². The van der Waals surface area contributed by atoms with E-state index in [1.54, 1.807) is 28.8 Å². The summed E-state index contributed by atoms with van der Waals surface area (Å²) in [4.78, 5) is 26.2.